The first-order chi connectivity index (χ1) is 19.4. The summed E-state index contributed by atoms with van der Waals surface area (Å²) in [6, 6.07) is 26.6. The predicted molar refractivity (Wildman–Crippen MR) is 159 cm³/mol. The summed E-state index contributed by atoms with van der Waals surface area (Å²) >= 11 is 13.4. The first-order valence-electron chi connectivity index (χ1n) is 12.4. The average molecular weight is 587 g/mol. The number of aromatic nitrogens is 1. The summed E-state index contributed by atoms with van der Waals surface area (Å²) < 4.78 is 8.01. The second-order valence-electron chi connectivity index (χ2n) is 9.16. The van der Waals surface area contributed by atoms with Crippen LogP contribution in [-0.2, 0) is 4.79 Å². The Labute approximate surface area is 243 Å². The number of benzene rings is 3. The zero-order valence-corrected chi connectivity index (χ0v) is 23.4. The van der Waals surface area contributed by atoms with Gasteiger partial charge in [0.1, 0.15) is 11.5 Å². The van der Waals surface area contributed by atoms with Crippen molar-refractivity contribution in [2.45, 2.75) is 13.0 Å². The second kappa shape index (κ2) is 10.8. The third kappa shape index (κ3) is 5.07. The van der Waals surface area contributed by atoms with Crippen molar-refractivity contribution in [3.63, 3.8) is 0 Å². The summed E-state index contributed by atoms with van der Waals surface area (Å²) in [5.41, 5.74) is 2.91. The molecule has 0 aliphatic carbocycles. The van der Waals surface area contributed by atoms with Gasteiger partial charge in [0.05, 0.1) is 21.8 Å². The van der Waals surface area contributed by atoms with Crippen molar-refractivity contribution < 1.29 is 9.21 Å². The lowest BCUT2D eigenvalue weighted by Gasteiger charge is -2.25. The highest BCUT2D eigenvalue weighted by atomic mass is 35.5. The number of halogens is 2. The smallest absolute Gasteiger partial charge is 0.271 e. The van der Waals surface area contributed by atoms with E-state index in [9.17, 15) is 9.59 Å². The Morgan fingerprint density at radius 1 is 0.950 bits per heavy atom. The second-order valence-corrected chi connectivity index (χ2v) is 11.0. The molecule has 5 aromatic rings. The fourth-order valence-corrected chi connectivity index (χ4v) is 5.90. The van der Waals surface area contributed by atoms with Gasteiger partial charge in [-0.25, -0.2) is 4.99 Å². The highest BCUT2D eigenvalue weighted by molar-refractivity contribution is 7.07. The van der Waals surface area contributed by atoms with Crippen molar-refractivity contribution in [2.24, 2.45) is 4.99 Å². The highest BCUT2D eigenvalue weighted by Gasteiger charge is 2.32. The standard InChI is InChI=1S/C31H21Cl2N3O3S/c1-18-27(29(37)35-23-5-3-2-4-6-23)28(20-9-13-22(33)14-10-20)36-30(38)26(40-31(36)34-18)17-24-15-16-25(39-24)19-7-11-21(32)12-8-19/h2-17,28H,1H3,(H,35,37)/b26-17-. The van der Waals surface area contributed by atoms with Gasteiger partial charge in [0.2, 0.25) is 0 Å². The predicted octanol–water partition coefficient (Wildman–Crippen LogP) is 6.44. The number of hydrogen-bond donors (Lipinski definition) is 1. The number of thiazole rings is 1. The molecule has 1 aliphatic rings. The Morgan fingerprint density at radius 2 is 1.62 bits per heavy atom. The monoisotopic (exact) mass is 585 g/mol. The Balaban J connectivity index is 1.44. The van der Waals surface area contributed by atoms with Gasteiger partial charge in [0.25, 0.3) is 11.5 Å². The topological polar surface area (TPSA) is 76.6 Å². The minimum atomic E-state index is -0.694. The molecule has 2 aromatic heterocycles. The number of amides is 1. The van der Waals surface area contributed by atoms with Crippen LogP contribution in [0.3, 0.4) is 0 Å². The summed E-state index contributed by atoms with van der Waals surface area (Å²) in [7, 11) is 0. The Hall–Kier alpha value is -4.17. The molecule has 198 valence electrons. The molecule has 40 heavy (non-hydrogen) atoms. The first-order valence-corrected chi connectivity index (χ1v) is 13.9. The zero-order valence-electron chi connectivity index (χ0n) is 21.1. The minimum Gasteiger partial charge on any atom is -0.457 e. The molecule has 1 atom stereocenters. The largest absolute Gasteiger partial charge is 0.457 e. The molecule has 0 saturated heterocycles. The molecule has 9 heteroatoms. The van der Waals surface area contributed by atoms with Gasteiger partial charge in [0.15, 0.2) is 4.80 Å². The molecule has 1 aliphatic heterocycles. The number of furan rings is 1. The molecule has 6 nitrogen and oxygen atoms in total. The van der Waals surface area contributed by atoms with Gasteiger partial charge in [-0.05, 0) is 73.2 Å². The van der Waals surface area contributed by atoms with Crippen molar-refractivity contribution in [1.29, 1.82) is 0 Å². The van der Waals surface area contributed by atoms with E-state index in [-0.39, 0.29) is 11.5 Å². The Bertz CT molecular complexity index is 1940. The molecular formula is C31H21Cl2N3O3S. The molecule has 0 spiro atoms. The zero-order chi connectivity index (χ0) is 27.8. The number of allylic oxidation sites excluding steroid dienone is 1. The van der Waals surface area contributed by atoms with Gasteiger partial charge < -0.3 is 9.73 Å². The van der Waals surface area contributed by atoms with E-state index in [1.807, 2.05) is 66.7 Å². The van der Waals surface area contributed by atoms with E-state index in [1.54, 1.807) is 41.8 Å². The normalized spacial score (nSPS) is 15.1. The number of fused-ring (bicyclic) bond motifs is 1. The van der Waals surface area contributed by atoms with Crippen LogP contribution < -0.4 is 20.2 Å². The van der Waals surface area contributed by atoms with Crippen molar-refractivity contribution in [1.82, 2.24) is 4.57 Å². The average Bonchev–Trinajstić information content (AvgIpc) is 3.53. The van der Waals surface area contributed by atoms with Gasteiger partial charge >= 0.3 is 0 Å². The van der Waals surface area contributed by atoms with Crippen LogP contribution in [0.1, 0.15) is 24.3 Å². The SMILES string of the molecule is CC1=C(C(=O)Nc2ccccc2)C(c2ccc(Cl)cc2)n2c(s/c(=C\c3ccc(-c4ccc(Cl)cc4)o3)c2=O)=N1. The number of hydrogen-bond acceptors (Lipinski definition) is 5. The molecular weight excluding hydrogens is 565 g/mol. The third-order valence-electron chi connectivity index (χ3n) is 6.51. The molecule has 3 heterocycles. The van der Waals surface area contributed by atoms with E-state index < -0.39 is 6.04 Å². The molecule has 1 amide bonds. The minimum absolute atomic E-state index is 0.273. The molecule has 1 unspecified atom stereocenters. The highest BCUT2D eigenvalue weighted by Crippen LogP contribution is 2.31. The fourth-order valence-electron chi connectivity index (χ4n) is 4.62. The third-order valence-corrected chi connectivity index (χ3v) is 8.00. The lowest BCUT2D eigenvalue weighted by atomic mass is 9.95. The van der Waals surface area contributed by atoms with Crippen LogP contribution in [0.15, 0.2) is 116 Å². The van der Waals surface area contributed by atoms with Crippen LogP contribution in [0.4, 0.5) is 5.69 Å². The maximum absolute atomic E-state index is 13.9. The maximum atomic E-state index is 13.9. The number of nitrogens with zero attached hydrogens (tertiary/aromatic N) is 2. The Kier molecular flexibility index (Phi) is 7.02. The van der Waals surface area contributed by atoms with Crippen LogP contribution in [0, 0.1) is 0 Å². The summed E-state index contributed by atoms with van der Waals surface area (Å²) in [5, 5.41) is 4.14. The maximum Gasteiger partial charge on any atom is 0.271 e. The van der Waals surface area contributed by atoms with E-state index in [2.05, 4.69) is 10.3 Å². The van der Waals surface area contributed by atoms with Crippen LogP contribution in [0.2, 0.25) is 10.0 Å². The van der Waals surface area contributed by atoms with Crippen LogP contribution >= 0.6 is 34.5 Å². The van der Waals surface area contributed by atoms with Crippen LogP contribution in [0.5, 0.6) is 0 Å². The van der Waals surface area contributed by atoms with E-state index >= 15 is 0 Å². The first kappa shape index (κ1) is 26.1. The molecule has 0 saturated carbocycles. The number of nitrogens with one attached hydrogen (secondary N) is 1. The van der Waals surface area contributed by atoms with Crippen molar-refractivity contribution >= 4 is 52.2 Å². The molecule has 0 radical (unpaired) electrons. The van der Waals surface area contributed by atoms with Gasteiger partial charge in [-0.3, -0.25) is 14.2 Å². The molecule has 1 N–H and O–H groups in total. The number of para-hydroxylation sites is 1. The number of anilines is 1. The number of rotatable bonds is 5. The fraction of sp³-hybridized carbons (Fsp3) is 0.0645. The quantitative estimate of drug-likeness (QED) is 0.258. The molecule has 3 aromatic carbocycles. The summed E-state index contributed by atoms with van der Waals surface area (Å²) in [6.45, 7) is 1.78. The Morgan fingerprint density at radius 3 is 2.33 bits per heavy atom. The van der Waals surface area contributed by atoms with Crippen molar-refractivity contribution in [3.05, 3.63) is 143 Å². The number of carbonyl (C=O) groups is 1. The van der Waals surface area contributed by atoms with Crippen LogP contribution in [0.25, 0.3) is 17.4 Å². The van der Waals surface area contributed by atoms with Gasteiger partial charge in [0, 0.05) is 27.4 Å². The van der Waals surface area contributed by atoms with E-state index in [0.29, 0.717) is 47.9 Å². The summed E-state index contributed by atoms with van der Waals surface area (Å²) in [5.74, 6) is 0.849. The molecule has 0 fully saturated rings. The van der Waals surface area contributed by atoms with Gasteiger partial charge in [-0.2, -0.15) is 0 Å². The van der Waals surface area contributed by atoms with Gasteiger partial charge in [-0.1, -0.05) is 64.9 Å². The summed E-state index contributed by atoms with van der Waals surface area (Å²) in [6.07, 6.45) is 1.70. The van der Waals surface area contributed by atoms with E-state index in [1.165, 1.54) is 11.3 Å². The molecule has 6 rings (SSSR count). The lowest BCUT2D eigenvalue weighted by molar-refractivity contribution is -0.113. The van der Waals surface area contributed by atoms with Crippen LogP contribution in [-0.4, -0.2) is 10.5 Å². The van der Waals surface area contributed by atoms with Gasteiger partial charge in [-0.15, -0.1) is 0 Å². The summed E-state index contributed by atoms with van der Waals surface area (Å²) in [4.78, 5) is 32.6. The van der Waals surface area contributed by atoms with Crippen molar-refractivity contribution in [2.75, 3.05) is 5.32 Å². The van der Waals surface area contributed by atoms with E-state index in [4.69, 9.17) is 27.6 Å². The lowest BCUT2D eigenvalue weighted by Crippen LogP contribution is -2.40. The van der Waals surface area contributed by atoms with E-state index in [0.717, 1.165) is 11.1 Å². The molecule has 0 bridgehead atoms. The number of carbonyl (C=O) groups excluding carboxylic acids is 1. The van der Waals surface area contributed by atoms with Crippen molar-refractivity contribution in [3.8, 4) is 11.3 Å².